The lowest BCUT2D eigenvalue weighted by Gasteiger charge is -2.31. The number of hydrogen-bond donors (Lipinski definition) is 1. The molecule has 0 saturated carbocycles. The first-order valence-corrected chi connectivity index (χ1v) is 13.3. The fraction of sp³-hybridized carbons (Fsp3) is 0.161. The van der Waals surface area contributed by atoms with Gasteiger partial charge in [-0.3, -0.25) is 0 Å². The second-order valence-electron chi connectivity index (χ2n) is 9.63. The third-order valence-corrected chi connectivity index (χ3v) is 7.41. The first kappa shape index (κ1) is 24.9. The van der Waals surface area contributed by atoms with Crippen LogP contribution in [0, 0.1) is 12.7 Å². The van der Waals surface area contributed by atoms with Crippen LogP contribution in [0.15, 0.2) is 91.1 Å². The predicted octanol–water partition coefficient (Wildman–Crippen LogP) is 7.46. The zero-order valence-corrected chi connectivity index (χ0v) is 22.4. The molecule has 0 aliphatic carbocycles. The lowest BCUT2D eigenvalue weighted by molar-refractivity contribution is 0.194. The van der Waals surface area contributed by atoms with E-state index >= 15 is 0 Å². The molecule has 0 fully saturated rings. The summed E-state index contributed by atoms with van der Waals surface area (Å²) in [4.78, 5) is 15.9. The van der Waals surface area contributed by atoms with Crippen LogP contribution in [0.1, 0.15) is 41.0 Å². The molecule has 0 spiro atoms. The minimum absolute atomic E-state index is 0.277. The molecule has 0 saturated heterocycles. The Morgan fingerprint density at radius 1 is 1.05 bits per heavy atom. The van der Waals surface area contributed by atoms with Gasteiger partial charge in [0, 0.05) is 22.5 Å². The molecule has 6 nitrogen and oxygen atoms in total. The van der Waals surface area contributed by atoms with Crippen LogP contribution in [-0.2, 0) is 13.0 Å². The molecule has 0 unspecified atom stereocenters. The van der Waals surface area contributed by atoms with E-state index in [1.807, 2.05) is 72.4 Å². The van der Waals surface area contributed by atoms with Gasteiger partial charge in [0.1, 0.15) is 11.6 Å². The van der Waals surface area contributed by atoms with Crippen molar-refractivity contribution < 1.29 is 9.18 Å². The number of fused-ring (bicyclic) bond motifs is 3. The molecule has 39 heavy (non-hydrogen) atoms. The van der Waals surface area contributed by atoms with E-state index in [0.717, 1.165) is 34.0 Å². The summed E-state index contributed by atoms with van der Waals surface area (Å²) in [6.45, 7) is 4.25. The highest BCUT2D eigenvalue weighted by Crippen LogP contribution is 2.39. The number of carbonyl (C=O) groups excluding carboxylic acids is 1. The standard InChI is InChI=1S/C31H27ClFN5O/c1-3-26-25-19-37(31(39)34-27-18-22(32)15-14-20(27)2)29(21-9-7-10-23(33)17-21)28-13-8-16-36(28)30(25)38(35-26)24-11-5-4-6-12-24/h4-18,29H,3,19H2,1-2H3,(H,34,39)/t29-/m1/s1. The van der Waals surface area contributed by atoms with Crippen molar-refractivity contribution >= 4 is 23.3 Å². The summed E-state index contributed by atoms with van der Waals surface area (Å²) in [7, 11) is 0. The second-order valence-corrected chi connectivity index (χ2v) is 10.1. The van der Waals surface area contributed by atoms with Crippen molar-refractivity contribution in [3.63, 3.8) is 0 Å². The summed E-state index contributed by atoms with van der Waals surface area (Å²) in [5.41, 5.74) is 5.78. The number of nitrogens with one attached hydrogen (secondary N) is 1. The Balaban J connectivity index is 1.56. The van der Waals surface area contributed by atoms with Crippen molar-refractivity contribution in [1.29, 1.82) is 0 Å². The van der Waals surface area contributed by atoms with Gasteiger partial charge in [0.05, 0.1) is 29.7 Å². The maximum atomic E-state index is 14.6. The van der Waals surface area contributed by atoms with Crippen LogP contribution >= 0.6 is 11.6 Å². The van der Waals surface area contributed by atoms with Crippen LogP contribution in [0.2, 0.25) is 5.02 Å². The van der Waals surface area contributed by atoms with E-state index in [4.69, 9.17) is 16.7 Å². The van der Waals surface area contributed by atoms with Crippen molar-refractivity contribution in [2.45, 2.75) is 32.9 Å². The number of halogens is 2. The van der Waals surface area contributed by atoms with Crippen molar-refractivity contribution in [2.75, 3.05) is 5.32 Å². The number of amides is 2. The molecule has 1 aliphatic heterocycles. The van der Waals surface area contributed by atoms with E-state index in [-0.39, 0.29) is 18.4 Å². The van der Waals surface area contributed by atoms with E-state index < -0.39 is 6.04 Å². The highest BCUT2D eigenvalue weighted by Gasteiger charge is 2.36. The zero-order chi connectivity index (χ0) is 27.1. The number of nitrogens with zero attached hydrogens (tertiary/aromatic N) is 4. The molecule has 1 aliphatic rings. The van der Waals surface area contributed by atoms with Crippen molar-refractivity contribution in [1.82, 2.24) is 19.2 Å². The molecule has 0 bridgehead atoms. The SMILES string of the molecule is CCc1nn(-c2ccccc2)c2c1CN(C(=O)Nc1cc(Cl)ccc1C)[C@H](c1cccc(F)c1)c1cccn1-2. The van der Waals surface area contributed by atoms with Gasteiger partial charge in [-0.15, -0.1) is 0 Å². The number of para-hydroxylation sites is 1. The summed E-state index contributed by atoms with van der Waals surface area (Å²) < 4.78 is 18.6. The van der Waals surface area contributed by atoms with Crippen LogP contribution in [0.4, 0.5) is 14.9 Å². The van der Waals surface area contributed by atoms with Crippen molar-refractivity contribution in [2.24, 2.45) is 0 Å². The highest BCUT2D eigenvalue weighted by atomic mass is 35.5. The Hall–Kier alpha value is -4.36. The lowest BCUT2D eigenvalue weighted by atomic mass is 10.0. The Morgan fingerprint density at radius 3 is 2.64 bits per heavy atom. The second kappa shape index (κ2) is 10.1. The summed E-state index contributed by atoms with van der Waals surface area (Å²) >= 11 is 6.25. The van der Waals surface area contributed by atoms with E-state index in [0.29, 0.717) is 22.7 Å². The number of aromatic nitrogens is 3. The molecule has 0 radical (unpaired) electrons. The first-order chi connectivity index (χ1) is 18.9. The minimum atomic E-state index is -0.559. The van der Waals surface area contributed by atoms with Gasteiger partial charge in [0.15, 0.2) is 0 Å². The quantitative estimate of drug-likeness (QED) is 0.258. The smallest absolute Gasteiger partial charge is 0.307 e. The number of urea groups is 1. The summed E-state index contributed by atoms with van der Waals surface area (Å²) in [6.07, 6.45) is 2.66. The fourth-order valence-corrected chi connectivity index (χ4v) is 5.46. The molecule has 2 aromatic heterocycles. The highest BCUT2D eigenvalue weighted by molar-refractivity contribution is 6.31. The largest absolute Gasteiger partial charge is 0.322 e. The van der Waals surface area contributed by atoms with Crippen LogP contribution < -0.4 is 5.32 Å². The van der Waals surface area contributed by atoms with Crippen LogP contribution in [0.3, 0.4) is 0 Å². The maximum absolute atomic E-state index is 14.6. The maximum Gasteiger partial charge on any atom is 0.322 e. The topological polar surface area (TPSA) is 55.1 Å². The van der Waals surface area contributed by atoms with Gasteiger partial charge in [-0.25, -0.2) is 13.9 Å². The van der Waals surface area contributed by atoms with E-state index in [9.17, 15) is 9.18 Å². The molecule has 6 rings (SSSR count). The van der Waals surface area contributed by atoms with Gasteiger partial charge in [0.25, 0.3) is 0 Å². The van der Waals surface area contributed by atoms with Gasteiger partial charge in [0.2, 0.25) is 0 Å². The van der Waals surface area contributed by atoms with Gasteiger partial charge >= 0.3 is 6.03 Å². The molecule has 8 heteroatoms. The number of rotatable bonds is 4. The third-order valence-electron chi connectivity index (χ3n) is 7.17. The number of aryl methyl sites for hydroxylation is 2. The summed E-state index contributed by atoms with van der Waals surface area (Å²) in [5, 5.41) is 8.57. The number of benzene rings is 3. The van der Waals surface area contributed by atoms with Gasteiger partial charge in [-0.05, 0) is 73.0 Å². The number of carbonyl (C=O) groups is 1. The molecular weight excluding hydrogens is 513 g/mol. The normalized spacial score (nSPS) is 14.5. The van der Waals surface area contributed by atoms with Gasteiger partial charge in [-0.2, -0.15) is 5.10 Å². The van der Waals surface area contributed by atoms with E-state index in [1.165, 1.54) is 12.1 Å². The molecule has 1 N–H and O–H groups in total. The van der Waals surface area contributed by atoms with Crippen LogP contribution in [-0.4, -0.2) is 25.3 Å². The monoisotopic (exact) mass is 539 g/mol. The Labute approximate surface area is 231 Å². The lowest BCUT2D eigenvalue weighted by Crippen LogP contribution is -2.38. The average Bonchev–Trinajstić information content (AvgIpc) is 3.52. The molecule has 5 aromatic rings. The van der Waals surface area contributed by atoms with Crippen LogP contribution in [0.5, 0.6) is 0 Å². The van der Waals surface area contributed by atoms with Gasteiger partial charge < -0.3 is 14.8 Å². The summed E-state index contributed by atoms with van der Waals surface area (Å²) in [5.74, 6) is 0.511. The Kier molecular flexibility index (Phi) is 6.45. The number of hydrogen-bond acceptors (Lipinski definition) is 2. The van der Waals surface area contributed by atoms with Gasteiger partial charge in [-0.1, -0.05) is 54.9 Å². The Bertz CT molecular complexity index is 1680. The minimum Gasteiger partial charge on any atom is -0.307 e. The summed E-state index contributed by atoms with van der Waals surface area (Å²) in [6, 6.07) is 24.8. The van der Waals surface area contributed by atoms with Crippen molar-refractivity contribution in [3.8, 4) is 11.5 Å². The third kappa shape index (κ3) is 4.49. The fourth-order valence-electron chi connectivity index (χ4n) is 5.29. The first-order valence-electron chi connectivity index (χ1n) is 12.9. The zero-order valence-electron chi connectivity index (χ0n) is 21.6. The van der Waals surface area contributed by atoms with Crippen molar-refractivity contribution in [3.05, 3.63) is 130 Å². The average molecular weight is 540 g/mol. The van der Waals surface area contributed by atoms with Crippen LogP contribution in [0.25, 0.3) is 11.5 Å². The van der Waals surface area contributed by atoms with E-state index in [2.05, 4.69) is 16.8 Å². The molecule has 3 heterocycles. The predicted molar refractivity (Wildman–Crippen MR) is 151 cm³/mol. The Morgan fingerprint density at radius 2 is 1.87 bits per heavy atom. The molecule has 1 atom stereocenters. The molecule has 3 aromatic carbocycles. The molecule has 2 amide bonds. The number of anilines is 1. The molecule has 196 valence electrons. The van der Waals surface area contributed by atoms with E-state index in [1.54, 1.807) is 23.1 Å². The molecular formula is C31H27ClFN5O.